The molecule has 2 heterocycles. The van der Waals surface area contributed by atoms with Crippen LogP contribution in [0.25, 0.3) is 11.0 Å². The molecule has 7 heteroatoms. The number of alkyl halides is 1. The third-order valence-corrected chi connectivity index (χ3v) is 3.79. The average Bonchev–Trinajstić information content (AvgIpc) is 3.00. The molecule has 104 valence electrons. The Morgan fingerprint density at radius 3 is 2.95 bits per heavy atom. The fourth-order valence-electron chi connectivity index (χ4n) is 2.09. The van der Waals surface area contributed by atoms with E-state index < -0.39 is 0 Å². The molecule has 0 bridgehead atoms. The molecule has 0 saturated heterocycles. The molecule has 3 aromatic rings. The highest BCUT2D eigenvalue weighted by Gasteiger charge is 2.17. The van der Waals surface area contributed by atoms with Gasteiger partial charge in [-0.3, -0.25) is 0 Å². The third kappa shape index (κ3) is 2.33. The van der Waals surface area contributed by atoms with Gasteiger partial charge in [-0.15, -0.1) is 11.6 Å². The van der Waals surface area contributed by atoms with Crippen LogP contribution in [0, 0.1) is 5.82 Å². The highest BCUT2D eigenvalue weighted by Crippen LogP contribution is 2.28. The lowest BCUT2D eigenvalue weighted by Gasteiger charge is -2.08. The summed E-state index contributed by atoms with van der Waals surface area (Å²) < 4.78 is 20.8. The minimum atomic E-state index is -0.340. The van der Waals surface area contributed by atoms with Gasteiger partial charge >= 0.3 is 0 Å². The van der Waals surface area contributed by atoms with Gasteiger partial charge in [0.2, 0.25) is 0 Å². The lowest BCUT2D eigenvalue weighted by Crippen LogP contribution is -2.06. The monoisotopic (exact) mass is 357 g/mol. The Labute approximate surface area is 127 Å². The Kier molecular flexibility index (Phi) is 3.52. The Morgan fingerprint density at radius 1 is 1.50 bits per heavy atom. The molecule has 4 nitrogen and oxygen atoms in total. The summed E-state index contributed by atoms with van der Waals surface area (Å²) in [5.74, 6) is 0.328. The molecule has 3 rings (SSSR count). The molecular formula is C13H10BrClFN3O. The maximum atomic E-state index is 13.8. The van der Waals surface area contributed by atoms with E-state index in [1.807, 2.05) is 11.5 Å². The van der Waals surface area contributed by atoms with Gasteiger partial charge < -0.3 is 9.09 Å². The number of hydrogen-bond acceptors (Lipinski definition) is 3. The summed E-state index contributed by atoms with van der Waals surface area (Å²) in [5.41, 5.74) is 2.09. The number of halogens is 3. The molecule has 1 aromatic carbocycles. The van der Waals surface area contributed by atoms with Gasteiger partial charge in [0.25, 0.3) is 0 Å². The topological polar surface area (TPSA) is 43.9 Å². The first-order valence-corrected chi connectivity index (χ1v) is 7.17. The number of fused-ring (bicyclic) bond motifs is 1. The fraction of sp³-hybridized carbons (Fsp3) is 0.231. The van der Waals surface area contributed by atoms with Crippen molar-refractivity contribution in [3.8, 4) is 0 Å². The Bertz CT molecular complexity index is 755. The van der Waals surface area contributed by atoms with Crippen LogP contribution in [0.2, 0.25) is 0 Å². The zero-order valence-electron chi connectivity index (χ0n) is 10.5. The second-order valence-electron chi connectivity index (χ2n) is 4.42. The van der Waals surface area contributed by atoms with E-state index in [0.29, 0.717) is 27.9 Å². The van der Waals surface area contributed by atoms with E-state index in [1.54, 1.807) is 12.1 Å². The number of benzene rings is 1. The first-order chi connectivity index (χ1) is 9.56. The summed E-state index contributed by atoms with van der Waals surface area (Å²) in [6, 6.07) is 4.84. The van der Waals surface area contributed by atoms with Crippen LogP contribution in [0.1, 0.15) is 23.8 Å². The number of aromatic nitrogens is 3. The van der Waals surface area contributed by atoms with E-state index in [1.165, 1.54) is 12.3 Å². The molecule has 1 unspecified atom stereocenters. The van der Waals surface area contributed by atoms with Crippen LogP contribution in [0.4, 0.5) is 4.39 Å². The van der Waals surface area contributed by atoms with E-state index in [9.17, 15) is 4.39 Å². The molecule has 0 aliphatic heterocycles. The van der Waals surface area contributed by atoms with Gasteiger partial charge in [0.05, 0.1) is 27.4 Å². The molecular weight excluding hydrogens is 349 g/mol. The second kappa shape index (κ2) is 5.18. The van der Waals surface area contributed by atoms with Crippen molar-refractivity contribution in [2.45, 2.75) is 18.8 Å². The lowest BCUT2D eigenvalue weighted by molar-refractivity contribution is 0.409. The molecule has 0 amide bonds. The number of imidazole rings is 1. The zero-order chi connectivity index (χ0) is 14.3. The van der Waals surface area contributed by atoms with Crippen molar-refractivity contribution >= 4 is 38.6 Å². The highest BCUT2D eigenvalue weighted by atomic mass is 79.9. The largest absolute Gasteiger partial charge is 0.364 e. The Morgan fingerprint density at radius 2 is 2.30 bits per heavy atom. The molecule has 0 fully saturated rings. The predicted molar refractivity (Wildman–Crippen MR) is 77.3 cm³/mol. The minimum absolute atomic E-state index is 0.295. The van der Waals surface area contributed by atoms with Gasteiger partial charge in [-0.1, -0.05) is 5.16 Å². The number of nitrogens with zero attached hydrogens (tertiary/aromatic N) is 3. The Hall–Kier alpha value is -1.40. The van der Waals surface area contributed by atoms with E-state index in [0.717, 1.165) is 5.69 Å². The fourth-order valence-corrected chi connectivity index (χ4v) is 2.59. The van der Waals surface area contributed by atoms with Gasteiger partial charge in [0.15, 0.2) is 0 Å². The smallest absolute Gasteiger partial charge is 0.139 e. The van der Waals surface area contributed by atoms with Crippen LogP contribution < -0.4 is 0 Å². The maximum absolute atomic E-state index is 13.8. The molecule has 0 aliphatic rings. The lowest BCUT2D eigenvalue weighted by atomic mass is 10.3. The molecule has 0 N–H and O–H groups in total. The molecule has 2 aromatic heterocycles. The van der Waals surface area contributed by atoms with Crippen LogP contribution in [0.3, 0.4) is 0 Å². The summed E-state index contributed by atoms with van der Waals surface area (Å²) in [6.07, 6.45) is 1.50. The summed E-state index contributed by atoms with van der Waals surface area (Å²) in [4.78, 5) is 4.47. The van der Waals surface area contributed by atoms with Gasteiger partial charge in [-0.25, -0.2) is 9.37 Å². The van der Waals surface area contributed by atoms with Crippen molar-refractivity contribution in [2.24, 2.45) is 0 Å². The summed E-state index contributed by atoms with van der Waals surface area (Å²) in [5, 5.41) is 3.57. The number of rotatable bonds is 3. The van der Waals surface area contributed by atoms with Crippen molar-refractivity contribution in [3.63, 3.8) is 0 Å². The molecule has 1 atom stereocenters. The van der Waals surface area contributed by atoms with Crippen LogP contribution in [-0.4, -0.2) is 14.7 Å². The van der Waals surface area contributed by atoms with Crippen LogP contribution >= 0.6 is 27.5 Å². The molecule has 0 saturated carbocycles. The van der Waals surface area contributed by atoms with E-state index in [-0.39, 0.29) is 11.2 Å². The van der Waals surface area contributed by atoms with Crippen LogP contribution in [0.15, 0.2) is 33.5 Å². The van der Waals surface area contributed by atoms with Crippen LogP contribution in [-0.2, 0) is 6.54 Å². The van der Waals surface area contributed by atoms with Crippen molar-refractivity contribution in [2.75, 3.05) is 0 Å². The van der Waals surface area contributed by atoms with E-state index >= 15 is 0 Å². The molecule has 0 aliphatic carbocycles. The molecule has 20 heavy (non-hydrogen) atoms. The predicted octanol–water partition coefficient (Wildman–Crippen LogP) is 4.27. The van der Waals surface area contributed by atoms with E-state index in [2.05, 4.69) is 26.1 Å². The van der Waals surface area contributed by atoms with Crippen molar-refractivity contribution in [3.05, 3.63) is 46.3 Å². The van der Waals surface area contributed by atoms with Crippen molar-refractivity contribution in [1.82, 2.24) is 14.7 Å². The normalized spacial score (nSPS) is 13.0. The number of hydrogen-bond donors (Lipinski definition) is 0. The van der Waals surface area contributed by atoms with Gasteiger partial charge in [0, 0.05) is 12.1 Å². The van der Waals surface area contributed by atoms with Gasteiger partial charge in [0.1, 0.15) is 23.6 Å². The zero-order valence-corrected chi connectivity index (χ0v) is 12.8. The summed E-state index contributed by atoms with van der Waals surface area (Å²) in [7, 11) is 0. The van der Waals surface area contributed by atoms with Gasteiger partial charge in [-0.05, 0) is 28.9 Å². The van der Waals surface area contributed by atoms with Crippen molar-refractivity contribution < 1.29 is 8.91 Å². The Balaban J connectivity index is 2.20. The first-order valence-electron chi connectivity index (χ1n) is 5.95. The minimum Gasteiger partial charge on any atom is -0.364 e. The van der Waals surface area contributed by atoms with E-state index in [4.69, 9.17) is 16.1 Å². The summed E-state index contributed by atoms with van der Waals surface area (Å²) in [6.45, 7) is 2.26. The summed E-state index contributed by atoms with van der Waals surface area (Å²) >= 11 is 9.33. The SMILES string of the molecule is CC(Cl)c1nc2cc(Br)c(F)cc2n1Cc1ccon1. The van der Waals surface area contributed by atoms with Crippen molar-refractivity contribution in [1.29, 1.82) is 0 Å². The van der Waals surface area contributed by atoms with Crippen LogP contribution in [0.5, 0.6) is 0 Å². The average molecular weight is 359 g/mol. The highest BCUT2D eigenvalue weighted by molar-refractivity contribution is 9.10. The first kappa shape index (κ1) is 13.6. The standard InChI is InChI=1S/C13H10BrClFN3O/c1-7(15)13-17-11-4-9(14)10(16)5-12(11)19(13)6-8-2-3-20-18-8/h2-5,7H,6H2,1H3. The van der Waals surface area contributed by atoms with Gasteiger partial charge in [-0.2, -0.15) is 0 Å². The molecule has 0 radical (unpaired) electrons. The second-order valence-corrected chi connectivity index (χ2v) is 5.93. The maximum Gasteiger partial charge on any atom is 0.139 e. The third-order valence-electron chi connectivity index (χ3n) is 2.99. The molecule has 0 spiro atoms. The quantitative estimate of drug-likeness (QED) is 0.657.